The van der Waals surface area contributed by atoms with Crippen molar-refractivity contribution in [2.24, 2.45) is 5.73 Å². The molecule has 13 heavy (non-hydrogen) atoms. The predicted molar refractivity (Wildman–Crippen MR) is 43.9 cm³/mol. The van der Waals surface area contributed by atoms with E-state index in [1.807, 2.05) is 0 Å². The molecular formula is C8H11NO4. The Bertz CT molecular complexity index is 255. The number of rotatable bonds is 5. The third-order valence-electron chi connectivity index (χ3n) is 1.69. The van der Waals surface area contributed by atoms with Gasteiger partial charge in [0.2, 0.25) is 5.91 Å². The minimum atomic E-state index is -1.05. The molecule has 0 bridgehead atoms. The Morgan fingerprint density at radius 1 is 1.62 bits per heavy atom. The quantitative estimate of drug-likeness (QED) is 0.452. The fourth-order valence-electron chi connectivity index (χ4n) is 0.901. The summed E-state index contributed by atoms with van der Waals surface area (Å²) in [4.78, 5) is 21.0. The molecule has 5 nitrogen and oxygen atoms in total. The number of hydrogen-bond acceptors (Lipinski definition) is 3. The Morgan fingerprint density at radius 2 is 2.23 bits per heavy atom. The van der Waals surface area contributed by atoms with Crippen LogP contribution in [-0.4, -0.2) is 29.7 Å². The maximum absolute atomic E-state index is 10.7. The van der Waals surface area contributed by atoms with Crippen LogP contribution in [0.5, 0.6) is 0 Å². The number of carbonyl (C=O) groups is 2. The molecule has 0 radical (unpaired) electrons. The number of amides is 1. The average Bonchev–Trinajstić information content (AvgIpc) is 2.79. The Morgan fingerprint density at radius 3 is 2.62 bits per heavy atom. The van der Waals surface area contributed by atoms with Crippen molar-refractivity contribution < 1.29 is 19.4 Å². The van der Waals surface area contributed by atoms with Crippen LogP contribution in [0.1, 0.15) is 12.8 Å². The number of hydrogen-bond donors (Lipinski definition) is 2. The van der Waals surface area contributed by atoms with Gasteiger partial charge in [-0.1, -0.05) is 6.08 Å². The average molecular weight is 185 g/mol. The minimum Gasteiger partial charge on any atom is -0.481 e. The van der Waals surface area contributed by atoms with Gasteiger partial charge in [-0.15, -0.1) is 0 Å². The van der Waals surface area contributed by atoms with Crippen molar-refractivity contribution in [2.75, 3.05) is 6.61 Å². The largest absolute Gasteiger partial charge is 0.481 e. The van der Waals surface area contributed by atoms with Crippen LogP contribution in [0.2, 0.25) is 0 Å². The van der Waals surface area contributed by atoms with E-state index >= 15 is 0 Å². The van der Waals surface area contributed by atoms with Gasteiger partial charge in [0.1, 0.15) is 0 Å². The number of carboxylic acid groups (broad SMARTS) is 1. The first-order valence-electron chi connectivity index (χ1n) is 3.92. The Kier molecular flexibility index (Phi) is 3.02. The lowest BCUT2D eigenvalue weighted by Crippen LogP contribution is -2.16. The number of aliphatic carboxylic acids is 1. The molecule has 1 fully saturated rings. The molecule has 0 aromatic heterocycles. The van der Waals surface area contributed by atoms with Crippen LogP contribution in [0.25, 0.3) is 0 Å². The Labute approximate surface area is 75.2 Å². The fourth-order valence-corrected chi connectivity index (χ4v) is 0.901. The van der Waals surface area contributed by atoms with Crippen LogP contribution in [0.15, 0.2) is 11.6 Å². The lowest BCUT2D eigenvalue weighted by atomic mass is 10.1. The second-order valence-electron chi connectivity index (χ2n) is 2.86. The minimum absolute atomic E-state index is 0.142. The molecule has 1 aliphatic rings. The van der Waals surface area contributed by atoms with Gasteiger partial charge in [0, 0.05) is 5.57 Å². The second kappa shape index (κ2) is 4.04. The molecule has 1 saturated heterocycles. The summed E-state index contributed by atoms with van der Waals surface area (Å²) >= 11 is 0. The highest BCUT2D eigenvalue weighted by Gasteiger charge is 2.21. The lowest BCUT2D eigenvalue weighted by molar-refractivity contribution is -0.137. The van der Waals surface area contributed by atoms with E-state index in [1.54, 1.807) is 0 Å². The molecule has 1 atom stereocenters. The highest BCUT2D eigenvalue weighted by Crippen LogP contribution is 2.15. The first-order chi connectivity index (χ1) is 6.09. The van der Waals surface area contributed by atoms with Gasteiger partial charge < -0.3 is 15.6 Å². The van der Waals surface area contributed by atoms with Crippen LogP contribution < -0.4 is 5.73 Å². The van der Waals surface area contributed by atoms with Crippen molar-refractivity contribution in [2.45, 2.75) is 18.9 Å². The molecule has 72 valence electrons. The van der Waals surface area contributed by atoms with Gasteiger partial charge in [-0.3, -0.25) is 9.59 Å². The van der Waals surface area contributed by atoms with Crippen molar-refractivity contribution in [3.05, 3.63) is 11.6 Å². The third kappa shape index (κ3) is 3.71. The molecule has 1 heterocycles. The number of carbonyl (C=O) groups excluding carboxylic acids is 1. The van der Waals surface area contributed by atoms with Crippen LogP contribution in [0, 0.1) is 0 Å². The van der Waals surface area contributed by atoms with E-state index in [1.165, 1.54) is 6.08 Å². The van der Waals surface area contributed by atoms with Crippen LogP contribution >= 0.6 is 0 Å². The van der Waals surface area contributed by atoms with E-state index in [0.29, 0.717) is 13.0 Å². The molecule has 0 aromatic carbocycles. The predicted octanol–water partition coefficient (Wildman–Crippen LogP) is -0.338. The maximum atomic E-state index is 10.7. The van der Waals surface area contributed by atoms with Crippen LogP contribution in [0.3, 0.4) is 0 Å². The van der Waals surface area contributed by atoms with Gasteiger partial charge in [-0.25, -0.2) is 0 Å². The van der Waals surface area contributed by atoms with Crippen molar-refractivity contribution in [1.82, 2.24) is 0 Å². The van der Waals surface area contributed by atoms with Gasteiger partial charge in [0.25, 0.3) is 0 Å². The summed E-state index contributed by atoms with van der Waals surface area (Å²) in [7, 11) is 0. The molecule has 0 saturated carbocycles. The lowest BCUT2D eigenvalue weighted by Gasteiger charge is -1.97. The van der Waals surface area contributed by atoms with Gasteiger partial charge in [-0.05, 0) is 6.42 Å². The van der Waals surface area contributed by atoms with Crippen molar-refractivity contribution in [1.29, 1.82) is 0 Å². The van der Waals surface area contributed by atoms with E-state index in [2.05, 4.69) is 0 Å². The van der Waals surface area contributed by atoms with Crippen LogP contribution in [0.4, 0.5) is 0 Å². The van der Waals surface area contributed by atoms with E-state index < -0.39 is 11.9 Å². The maximum Gasteiger partial charge on any atom is 0.308 e. The number of primary amides is 1. The van der Waals surface area contributed by atoms with Crippen molar-refractivity contribution >= 4 is 11.9 Å². The molecule has 0 spiro atoms. The number of nitrogens with two attached hydrogens (primary N) is 1. The molecule has 5 heteroatoms. The van der Waals surface area contributed by atoms with Gasteiger partial charge in [-0.2, -0.15) is 0 Å². The summed E-state index contributed by atoms with van der Waals surface area (Å²) in [6.07, 6.45) is 1.92. The topological polar surface area (TPSA) is 92.9 Å². The van der Waals surface area contributed by atoms with Crippen molar-refractivity contribution in [3.8, 4) is 0 Å². The Balaban J connectivity index is 2.48. The first-order valence-corrected chi connectivity index (χ1v) is 3.92. The number of epoxide rings is 1. The van der Waals surface area contributed by atoms with E-state index in [0.717, 1.165) is 0 Å². The van der Waals surface area contributed by atoms with Crippen molar-refractivity contribution in [3.63, 3.8) is 0 Å². The van der Waals surface area contributed by atoms with Gasteiger partial charge >= 0.3 is 5.97 Å². The summed E-state index contributed by atoms with van der Waals surface area (Å²) in [6.45, 7) is 0.676. The summed E-state index contributed by atoms with van der Waals surface area (Å²) < 4.78 is 4.90. The standard InChI is InChI=1S/C8H11NO4/c9-8(12)5(3-7(10)11)1-2-6-4-13-6/h1,6H,2-4H2,(H2,9,12)(H,10,11). The van der Waals surface area contributed by atoms with Gasteiger partial charge in [0.15, 0.2) is 0 Å². The zero-order valence-corrected chi connectivity index (χ0v) is 7.03. The smallest absolute Gasteiger partial charge is 0.308 e. The monoisotopic (exact) mass is 185 g/mol. The zero-order valence-electron chi connectivity index (χ0n) is 7.03. The number of carboxylic acids is 1. The molecule has 1 rings (SSSR count). The second-order valence-corrected chi connectivity index (χ2v) is 2.86. The van der Waals surface area contributed by atoms with E-state index in [4.69, 9.17) is 15.6 Å². The number of ether oxygens (including phenoxy) is 1. The molecule has 1 unspecified atom stereocenters. The zero-order chi connectivity index (χ0) is 9.84. The summed E-state index contributed by atoms with van der Waals surface area (Å²) in [5, 5.41) is 8.43. The summed E-state index contributed by atoms with van der Waals surface area (Å²) in [6, 6.07) is 0. The summed E-state index contributed by atoms with van der Waals surface area (Å²) in [5.74, 6) is -1.73. The fraction of sp³-hybridized carbons (Fsp3) is 0.500. The molecular weight excluding hydrogens is 174 g/mol. The molecule has 1 amide bonds. The molecule has 1 aliphatic heterocycles. The third-order valence-corrected chi connectivity index (χ3v) is 1.69. The van der Waals surface area contributed by atoms with E-state index in [9.17, 15) is 9.59 Å². The molecule has 3 N–H and O–H groups in total. The Hall–Kier alpha value is -1.36. The highest BCUT2D eigenvalue weighted by atomic mass is 16.6. The molecule has 0 aliphatic carbocycles. The SMILES string of the molecule is NC(=O)C(=CCC1CO1)CC(=O)O. The normalized spacial score (nSPS) is 21.2. The van der Waals surface area contributed by atoms with Crippen LogP contribution in [-0.2, 0) is 14.3 Å². The van der Waals surface area contributed by atoms with Gasteiger partial charge in [0.05, 0.1) is 19.1 Å². The summed E-state index contributed by atoms with van der Waals surface area (Å²) in [5.41, 5.74) is 5.12. The highest BCUT2D eigenvalue weighted by molar-refractivity contribution is 5.96. The first kappa shape index (κ1) is 9.73. The van der Waals surface area contributed by atoms with E-state index in [-0.39, 0.29) is 18.1 Å². The molecule has 0 aromatic rings.